The van der Waals surface area contributed by atoms with Crippen LogP contribution < -0.4 is 0 Å². The number of aromatic hydroxyl groups is 2. The van der Waals surface area contributed by atoms with Crippen molar-refractivity contribution in [2.24, 2.45) is 0 Å². The first-order chi connectivity index (χ1) is 11.0. The number of ketones is 2. The molecule has 0 radical (unpaired) electrons. The summed E-state index contributed by atoms with van der Waals surface area (Å²) in [5, 5.41) is 19.0. The molecular formula is C19H16O4. The molecule has 0 atom stereocenters. The van der Waals surface area contributed by atoms with E-state index in [0.29, 0.717) is 17.6 Å². The SMILES string of the molecule is O=C1CCC(=O)C(=C(c2ccc(O)cc2)c2ccc(O)cc2)C1. The zero-order valence-electron chi connectivity index (χ0n) is 12.5. The number of hydrogen-bond donors (Lipinski definition) is 2. The highest BCUT2D eigenvalue weighted by Crippen LogP contribution is 2.33. The summed E-state index contributed by atoms with van der Waals surface area (Å²) in [5.74, 6) is 0.292. The summed E-state index contributed by atoms with van der Waals surface area (Å²) in [5.41, 5.74) is 2.69. The summed E-state index contributed by atoms with van der Waals surface area (Å²) in [6.45, 7) is 0. The fourth-order valence-electron chi connectivity index (χ4n) is 2.79. The van der Waals surface area contributed by atoms with Crippen molar-refractivity contribution in [1.29, 1.82) is 0 Å². The van der Waals surface area contributed by atoms with Gasteiger partial charge in [0.05, 0.1) is 0 Å². The second kappa shape index (κ2) is 6.08. The Morgan fingerprint density at radius 2 is 1.22 bits per heavy atom. The molecule has 116 valence electrons. The summed E-state index contributed by atoms with van der Waals surface area (Å²) in [6, 6.07) is 13.1. The number of allylic oxidation sites excluding steroid dienone is 1. The van der Waals surface area contributed by atoms with Crippen LogP contribution in [0.15, 0.2) is 54.1 Å². The molecule has 1 saturated carbocycles. The van der Waals surface area contributed by atoms with Gasteiger partial charge in [0.25, 0.3) is 0 Å². The lowest BCUT2D eigenvalue weighted by molar-refractivity contribution is -0.125. The maximum atomic E-state index is 12.4. The quantitative estimate of drug-likeness (QED) is 0.835. The first kappa shape index (κ1) is 15.0. The predicted molar refractivity (Wildman–Crippen MR) is 86.1 cm³/mol. The van der Waals surface area contributed by atoms with Gasteiger partial charge < -0.3 is 10.2 Å². The highest BCUT2D eigenvalue weighted by atomic mass is 16.3. The van der Waals surface area contributed by atoms with Gasteiger partial charge in [0.15, 0.2) is 5.78 Å². The number of carbonyl (C=O) groups is 2. The van der Waals surface area contributed by atoms with Crippen LogP contribution in [0.1, 0.15) is 30.4 Å². The van der Waals surface area contributed by atoms with Crippen LogP contribution in [0.25, 0.3) is 5.57 Å². The molecule has 0 heterocycles. The largest absolute Gasteiger partial charge is 0.508 e. The van der Waals surface area contributed by atoms with E-state index in [9.17, 15) is 19.8 Å². The minimum Gasteiger partial charge on any atom is -0.508 e. The molecule has 23 heavy (non-hydrogen) atoms. The van der Waals surface area contributed by atoms with Crippen LogP contribution in [-0.4, -0.2) is 21.8 Å². The first-order valence-electron chi connectivity index (χ1n) is 7.41. The van der Waals surface area contributed by atoms with Gasteiger partial charge in [-0.05, 0) is 41.0 Å². The van der Waals surface area contributed by atoms with Crippen molar-refractivity contribution in [2.45, 2.75) is 19.3 Å². The maximum absolute atomic E-state index is 12.4. The second-order valence-electron chi connectivity index (χ2n) is 5.59. The zero-order valence-corrected chi connectivity index (χ0v) is 12.5. The van der Waals surface area contributed by atoms with Crippen LogP contribution in [0.5, 0.6) is 11.5 Å². The van der Waals surface area contributed by atoms with Crippen LogP contribution in [-0.2, 0) is 9.59 Å². The number of rotatable bonds is 2. The van der Waals surface area contributed by atoms with Gasteiger partial charge in [-0.3, -0.25) is 9.59 Å². The second-order valence-corrected chi connectivity index (χ2v) is 5.59. The van der Waals surface area contributed by atoms with Gasteiger partial charge >= 0.3 is 0 Å². The van der Waals surface area contributed by atoms with E-state index in [-0.39, 0.29) is 35.9 Å². The summed E-state index contributed by atoms with van der Waals surface area (Å²) >= 11 is 0. The average Bonchev–Trinajstić information content (AvgIpc) is 2.54. The van der Waals surface area contributed by atoms with E-state index in [1.54, 1.807) is 48.5 Å². The fourth-order valence-corrected chi connectivity index (χ4v) is 2.79. The highest BCUT2D eigenvalue weighted by Gasteiger charge is 2.25. The van der Waals surface area contributed by atoms with Gasteiger partial charge in [-0.1, -0.05) is 24.3 Å². The molecule has 0 saturated heterocycles. The molecule has 4 heteroatoms. The normalized spacial score (nSPS) is 14.9. The van der Waals surface area contributed by atoms with Crippen LogP contribution in [0.4, 0.5) is 0 Å². The van der Waals surface area contributed by atoms with E-state index >= 15 is 0 Å². The zero-order chi connectivity index (χ0) is 16.4. The number of benzene rings is 2. The Bertz CT molecular complexity index is 736. The van der Waals surface area contributed by atoms with Gasteiger partial charge in [-0.15, -0.1) is 0 Å². The van der Waals surface area contributed by atoms with Crippen molar-refractivity contribution >= 4 is 17.1 Å². The molecule has 0 spiro atoms. The Morgan fingerprint density at radius 1 is 0.739 bits per heavy atom. The third-order valence-corrected chi connectivity index (χ3v) is 3.96. The summed E-state index contributed by atoms with van der Waals surface area (Å²) in [6.07, 6.45) is 0.643. The van der Waals surface area contributed by atoms with Crippen molar-refractivity contribution < 1.29 is 19.8 Å². The van der Waals surface area contributed by atoms with E-state index in [2.05, 4.69) is 0 Å². The number of phenols is 2. The molecule has 1 fully saturated rings. The molecule has 2 N–H and O–H groups in total. The Kier molecular flexibility index (Phi) is 3.98. The van der Waals surface area contributed by atoms with Crippen molar-refractivity contribution in [1.82, 2.24) is 0 Å². The van der Waals surface area contributed by atoms with Crippen LogP contribution in [0.3, 0.4) is 0 Å². The fraction of sp³-hybridized carbons (Fsp3) is 0.158. The summed E-state index contributed by atoms with van der Waals surface area (Å²) < 4.78 is 0. The van der Waals surface area contributed by atoms with Crippen molar-refractivity contribution in [3.63, 3.8) is 0 Å². The van der Waals surface area contributed by atoms with Crippen molar-refractivity contribution in [3.8, 4) is 11.5 Å². The van der Waals surface area contributed by atoms with Gasteiger partial charge in [-0.2, -0.15) is 0 Å². The Labute approximate surface area is 133 Å². The monoisotopic (exact) mass is 308 g/mol. The Morgan fingerprint density at radius 3 is 1.70 bits per heavy atom. The predicted octanol–water partition coefficient (Wildman–Crippen LogP) is 3.22. The number of carbonyl (C=O) groups excluding carboxylic acids is 2. The van der Waals surface area contributed by atoms with Crippen molar-refractivity contribution in [3.05, 3.63) is 65.2 Å². The van der Waals surface area contributed by atoms with Crippen LogP contribution in [0, 0.1) is 0 Å². The summed E-state index contributed by atoms with van der Waals surface area (Å²) in [7, 11) is 0. The van der Waals surface area contributed by atoms with Crippen LogP contribution >= 0.6 is 0 Å². The Balaban J connectivity index is 2.20. The van der Waals surface area contributed by atoms with E-state index in [1.807, 2.05) is 0 Å². The van der Waals surface area contributed by atoms with E-state index in [0.717, 1.165) is 11.1 Å². The van der Waals surface area contributed by atoms with Gasteiger partial charge in [-0.25, -0.2) is 0 Å². The smallest absolute Gasteiger partial charge is 0.160 e. The minimum atomic E-state index is -0.0271. The van der Waals surface area contributed by atoms with Crippen molar-refractivity contribution in [2.75, 3.05) is 0 Å². The maximum Gasteiger partial charge on any atom is 0.160 e. The molecule has 0 aliphatic heterocycles. The summed E-state index contributed by atoms with van der Waals surface area (Å²) in [4.78, 5) is 24.2. The van der Waals surface area contributed by atoms with E-state index in [1.165, 1.54) is 0 Å². The highest BCUT2D eigenvalue weighted by molar-refractivity contribution is 6.12. The molecule has 4 nitrogen and oxygen atoms in total. The molecule has 0 aromatic heterocycles. The third kappa shape index (κ3) is 3.16. The molecule has 3 rings (SSSR count). The third-order valence-electron chi connectivity index (χ3n) is 3.96. The topological polar surface area (TPSA) is 74.6 Å². The molecule has 2 aromatic carbocycles. The first-order valence-corrected chi connectivity index (χ1v) is 7.41. The van der Waals surface area contributed by atoms with E-state index in [4.69, 9.17) is 0 Å². The lowest BCUT2D eigenvalue weighted by Crippen LogP contribution is -2.18. The number of hydrogen-bond acceptors (Lipinski definition) is 4. The minimum absolute atomic E-state index is 0.0271. The number of phenolic OH excluding ortho intramolecular Hbond substituents is 2. The lowest BCUT2D eigenvalue weighted by Gasteiger charge is -2.19. The standard InChI is InChI=1S/C19H16O4/c20-14-5-1-12(2-6-14)19(13-3-7-15(21)8-4-13)17-11-16(22)9-10-18(17)23/h1-8,20-21H,9-11H2. The molecular weight excluding hydrogens is 292 g/mol. The Hall–Kier alpha value is -2.88. The van der Waals surface area contributed by atoms with Gasteiger partial charge in [0.1, 0.15) is 17.3 Å². The molecule has 1 aliphatic carbocycles. The molecule has 0 unspecified atom stereocenters. The van der Waals surface area contributed by atoms with E-state index < -0.39 is 0 Å². The van der Waals surface area contributed by atoms with Gasteiger partial charge in [0, 0.05) is 24.8 Å². The van der Waals surface area contributed by atoms with Crippen LogP contribution in [0.2, 0.25) is 0 Å². The number of Topliss-reactive ketones (excluding diaryl/α,β-unsaturated/α-hetero) is 2. The molecule has 2 aromatic rings. The molecule has 0 amide bonds. The molecule has 1 aliphatic rings. The molecule has 0 bridgehead atoms. The van der Waals surface area contributed by atoms with Gasteiger partial charge in [0.2, 0.25) is 0 Å². The lowest BCUT2D eigenvalue weighted by atomic mass is 9.83. The average molecular weight is 308 g/mol.